The van der Waals surface area contributed by atoms with E-state index in [0.717, 1.165) is 39.8 Å². The minimum Gasteiger partial charge on any atom is -0.376 e. The highest BCUT2D eigenvalue weighted by molar-refractivity contribution is 6.94. The monoisotopic (exact) mass is 1020 g/mol. The predicted octanol–water partition coefficient (Wildman–Crippen LogP) is 19.4. The largest absolute Gasteiger partial charge is 0.376 e. The molecule has 0 N–H and O–H groups in total. The van der Waals surface area contributed by atoms with Crippen molar-refractivity contribution in [3.8, 4) is 66.8 Å². The number of benzene rings is 13. The van der Waals surface area contributed by atoms with Gasteiger partial charge in [0.05, 0.1) is 0 Å². The summed E-state index contributed by atoms with van der Waals surface area (Å²) in [6.07, 6.45) is 0. The molecular weight excluding hydrogens is 966 g/mol. The molecule has 0 radical (unpaired) electrons. The first-order chi connectivity index (χ1) is 39.7. The molecule has 80 heavy (non-hydrogen) atoms. The fourth-order valence-corrected chi connectivity index (χ4v) is 12.4. The summed E-state index contributed by atoms with van der Waals surface area (Å²) in [5.74, 6) is 0. The molecule has 0 saturated heterocycles. The van der Waals surface area contributed by atoms with E-state index >= 15 is 0 Å². The summed E-state index contributed by atoms with van der Waals surface area (Å²) in [5, 5.41) is 2.42. The Morgan fingerprint density at radius 3 is 1.16 bits per heavy atom. The van der Waals surface area contributed by atoms with Gasteiger partial charge >= 0.3 is 6.85 Å². The molecule has 0 atom stereocenters. The van der Waals surface area contributed by atoms with Crippen molar-refractivity contribution >= 4 is 74.0 Å². The summed E-state index contributed by atoms with van der Waals surface area (Å²) in [4.78, 5) is 7.58. The summed E-state index contributed by atoms with van der Waals surface area (Å²) in [7, 11) is 0. The van der Waals surface area contributed by atoms with E-state index in [0.29, 0.717) is 0 Å². The van der Waals surface area contributed by atoms with Crippen molar-refractivity contribution in [1.29, 1.82) is 0 Å². The number of anilines is 8. The van der Waals surface area contributed by atoms with E-state index in [-0.39, 0.29) is 6.85 Å². The van der Waals surface area contributed by atoms with E-state index in [2.05, 4.69) is 330 Å². The second-order valence-corrected chi connectivity index (χ2v) is 20.8. The van der Waals surface area contributed by atoms with Crippen LogP contribution < -0.4 is 25.5 Å². The van der Waals surface area contributed by atoms with Crippen LogP contribution in [0.5, 0.6) is 0 Å². The van der Waals surface area contributed by atoms with Crippen LogP contribution in [0.25, 0.3) is 77.5 Å². The molecule has 0 aromatic heterocycles. The number of nitrogens with zero attached hydrogens (tertiary/aromatic N) is 3. The van der Waals surface area contributed by atoms with Crippen molar-refractivity contribution in [2.75, 3.05) is 14.6 Å². The summed E-state index contributed by atoms with van der Waals surface area (Å²) in [5.41, 5.74) is 25.7. The van der Waals surface area contributed by atoms with Crippen LogP contribution in [0.2, 0.25) is 0 Å². The van der Waals surface area contributed by atoms with Crippen LogP contribution in [-0.4, -0.2) is 6.85 Å². The third kappa shape index (κ3) is 8.25. The first-order valence-corrected chi connectivity index (χ1v) is 27.6. The van der Waals surface area contributed by atoms with Gasteiger partial charge in [-0.1, -0.05) is 237 Å². The van der Waals surface area contributed by atoms with E-state index in [4.69, 9.17) is 0 Å². The van der Waals surface area contributed by atoms with Crippen molar-refractivity contribution in [2.45, 2.75) is 0 Å². The average Bonchev–Trinajstić information content (AvgIpc) is 3.73. The zero-order valence-electron chi connectivity index (χ0n) is 43.9. The average molecular weight is 1020 g/mol. The Bertz CT molecular complexity index is 4280. The molecule has 13 aromatic rings. The third-order valence-corrected chi connectivity index (χ3v) is 16.2. The fraction of sp³-hybridized carbons (Fsp3) is 0. The molecular formula is C76H52BN3. The summed E-state index contributed by atoms with van der Waals surface area (Å²) >= 11 is 0. The van der Waals surface area contributed by atoms with Crippen LogP contribution >= 0.6 is 0 Å². The SMILES string of the molecule is c1ccc(-c2ccc(N3B4c5cc(-c6ccccc6)ccc5N(c5ccc(-c6ccccc6)cc5)c5cc6ccccc6c(c54)-c4cc(N(c5ccc(-c6ccccc6)cc5)c5ccc(-c6ccccc6)cc5)ccc43)cc2)cc1. The highest BCUT2D eigenvalue weighted by Gasteiger charge is 2.46. The second-order valence-electron chi connectivity index (χ2n) is 20.8. The molecule has 0 amide bonds. The van der Waals surface area contributed by atoms with E-state index < -0.39 is 0 Å². The first kappa shape index (κ1) is 46.9. The highest BCUT2D eigenvalue weighted by Crippen LogP contribution is 2.51. The molecule has 15 rings (SSSR count). The minimum absolute atomic E-state index is 0.198. The van der Waals surface area contributed by atoms with Crippen molar-refractivity contribution in [1.82, 2.24) is 0 Å². The quantitative estimate of drug-likeness (QED) is 0.126. The Balaban J connectivity index is 0.987. The molecule has 2 heterocycles. The molecule has 374 valence electrons. The lowest BCUT2D eigenvalue weighted by Gasteiger charge is -2.46. The lowest BCUT2D eigenvalue weighted by atomic mass is 9.43. The van der Waals surface area contributed by atoms with Crippen molar-refractivity contribution in [3.05, 3.63) is 315 Å². The van der Waals surface area contributed by atoms with Gasteiger partial charge in [-0.15, -0.1) is 0 Å². The summed E-state index contributed by atoms with van der Waals surface area (Å²) in [6, 6.07) is 116. The maximum Gasteiger partial charge on any atom is 0.333 e. The van der Waals surface area contributed by atoms with E-state index in [1.807, 2.05) is 0 Å². The van der Waals surface area contributed by atoms with Gasteiger partial charge in [0.2, 0.25) is 0 Å². The molecule has 0 fully saturated rings. The van der Waals surface area contributed by atoms with Crippen LogP contribution in [0.15, 0.2) is 315 Å². The third-order valence-electron chi connectivity index (χ3n) is 16.2. The molecule has 13 aromatic carbocycles. The smallest absolute Gasteiger partial charge is 0.333 e. The topological polar surface area (TPSA) is 9.72 Å². The highest BCUT2D eigenvalue weighted by atomic mass is 15.2. The van der Waals surface area contributed by atoms with Crippen LogP contribution in [-0.2, 0) is 0 Å². The Morgan fingerprint density at radius 1 is 0.275 bits per heavy atom. The number of hydrogen-bond acceptors (Lipinski definition) is 3. The standard InChI is InChI=1S/C76H52BN3/c1-6-18-53(19-7-1)58-30-39-64(40-31-58)78(65-41-32-59(33-42-65)54-20-8-2-9-21-54)68-47-49-72-70(52-68)75-69-29-17-16-28-63(69)51-74-76(75)77(80(72)67-45-36-61(37-46-67)56-24-12-4-13-25-56)71-50-62(57-26-14-5-15-27-57)38-48-73(71)79(74)66-43-34-60(35-44-66)55-22-10-3-11-23-55/h1-52H. The molecule has 0 aliphatic carbocycles. The Morgan fingerprint density at radius 2 is 0.662 bits per heavy atom. The van der Waals surface area contributed by atoms with Crippen LogP contribution in [0.4, 0.5) is 45.5 Å². The lowest BCUT2D eigenvalue weighted by Crippen LogP contribution is -2.61. The maximum absolute atomic E-state index is 2.63. The minimum atomic E-state index is -0.198. The van der Waals surface area contributed by atoms with Gasteiger partial charge in [-0.2, -0.15) is 0 Å². The lowest BCUT2D eigenvalue weighted by molar-refractivity contribution is 1.26. The van der Waals surface area contributed by atoms with Crippen LogP contribution in [0.3, 0.4) is 0 Å². The first-order valence-electron chi connectivity index (χ1n) is 27.6. The zero-order chi connectivity index (χ0) is 52.9. The Kier molecular flexibility index (Phi) is 11.6. The number of rotatable bonds is 10. The summed E-state index contributed by atoms with van der Waals surface area (Å²) < 4.78 is 0. The fourth-order valence-electron chi connectivity index (χ4n) is 12.4. The Labute approximate surface area is 468 Å². The molecule has 2 aliphatic heterocycles. The van der Waals surface area contributed by atoms with Crippen LogP contribution in [0, 0.1) is 0 Å². The van der Waals surface area contributed by atoms with Gasteiger partial charge < -0.3 is 14.6 Å². The van der Waals surface area contributed by atoms with Crippen LogP contribution in [0.1, 0.15) is 0 Å². The molecule has 0 bridgehead atoms. The zero-order valence-corrected chi connectivity index (χ0v) is 43.9. The molecule has 0 spiro atoms. The van der Waals surface area contributed by atoms with Gasteiger partial charge in [-0.05, 0) is 162 Å². The van der Waals surface area contributed by atoms with E-state index in [9.17, 15) is 0 Å². The van der Waals surface area contributed by atoms with Crippen molar-refractivity contribution in [2.24, 2.45) is 0 Å². The van der Waals surface area contributed by atoms with E-state index in [1.165, 1.54) is 94.1 Å². The van der Waals surface area contributed by atoms with E-state index in [1.54, 1.807) is 0 Å². The van der Waals surface area contributed by atoms with Gasteiger partial charge in [0.1, 0.15) is 0 Å². The van der Waals surface area contributed by atoms with Gasteiger partial charge in [0.15, 0.2) is 0 Å². The molecule has 3 nitrogen and oxygen atoms in total. The normalized spacial score (nSPS) is 12.2. The molecule has 0 saturated carbocycles. The summed E-state index contributed by atoms with van der Waals surface area (Å²) in [6.45, 7) is -0.198. The number of hydrogen-bond donors (Lipinski definition) is 0. The van der Waals surface area contributed by atoms with Gasteiger partial charge in [-0.3, -0.25) is 0 Å². The van der Waals surface area contributed by atoms with Crippen molar-refractivity contribution < 1.29 is 0 Å². The second kappa shape index (κ2) is 19.9. The number of fused-ring (bicyclic) bond motifs is 6. The predicted molar refractivity (Wildman–Crippen MR) is 340 cm³/mol. The van der Waals surface area contributed by atoms with Crippen molar-refractivity contribution in [3.63, 3.8) is 0 Å². The molecule has 2 aliphatic rings. The van der Waals surface area contributed by atoms with Gasteiger partial charge in [-0.25, -0.2) is 0 Å². The Hall–Kier alpha value is -10.4. The maximum atomic E-state index is 2.63. The van der Waals surface area contributed by atoms with Gasteiger partial charge in [0, 0.05) is 51.1 Å². The molecule has 4 heteroatoms. The van der Waals surface area contributed by atoms with Gasteiger partial charge in [0.25, 0.3) is 0 Å². The molecule has 0 unspecified atom stereocenters.